The monoisotopic (exact) mass is 627 g/mol. The number of hydrogen-bond acceptors (Lipinski definition) is 5. The van der Waals surface area contributed by atoms with Gasteiger partial charge in [0.1, 0.15) is 0 Å². The summed E-state index contributed by atoms with van der Waals surface area (Å²) >= 11 is 0. The van der Waals surface area contributed by atoms with Crippen molar-refractivity contribution in [2.75, 3.05) is 13.6 Å². The SMILES string of the molecule is C=CCNC(=O)C(=O)C(CC1CCC1)NC(=O)C(C)CCCC.CC.CC.CCCC.CNC(=O)NC(C(C)=O)C(C)(C)C. The Morgan fingerprint density at radius 2 is 1.43 bits per heavy atom. The molecule has 0 aromatic heterocycles. The molecule has 1 fully saturated rings. The standard InChI is InChI=1S/C18H30N2O3.C9H18N2O2.C4H10.2C2H6/c1-4-6-8-13(3)17(22)20-15(12-14-9-7-10-14)16(21)18(23)19-11-5-2;1-6(12)7(9(2,3)4)11-8(13)10-5;1-3-4-2;2*1-2/h5,13-15H,2,4,6-12H2,1,3H3,(H,19,23)(H,20,22);7H,1-5H3,(H2,10,11,13);3-4H2,1-2H3;2*1-2H3. The highest BCUT2D eigenvalue weighted by molar-refractivity contribution is 6.38. The molecule has 1 aliphatic rings. The van der Waals surface area contributed by atoms with Crippen molar-refractivity contribution in [2.45, 2.75) is 153 Å². The summed E-state index contributed by atoms with van der Waals surface area (Å²) in [6, 6.07) is -1.47. The van der Waals surface area contributed by atoms with Crippen LogP contribution in [0.15, 0.2) is 12.7 Å². The molecule has 9 heteroatoms. The molecule has 260 valence electrons. The van der Waals surface area contributed by atoms with E-state index in [-0.39, 0.29) is 35.6 Å². The zero-order valence-corrected chi connectivity index (χ0v) is 30.7. The van der Waals surface area contributed by atoms with Crippen LogP contribution in [-0.4, -0.2) is 55.1 Å². The number of unbranched alkanes of at least 4 members (excludes halogenated alkanes) is 2. The number of nitrogens with one attached hydrogen (secondary N) is 4. The van der Waals surface area contributed by atoms with Gasteiger partial charge in [0.05, 0.1) is 12.1 Å². The maximum Gasteiger partial charge on any atom is 0.315 e. The van der Waals surface area contributed by atoms with Gasteiger partial charge >= 0.3 is 6.03 Å². The van der Waals surface area contributed by atoms with Gasteiger partial charge in [-0.3, -0.25) is 19.2 Å². The average Bonchev–Trinajstić information content (AvgIpc) is 2.99. The number of rotatable bonds is 14. The van der Waals surface area contributed by atoms with Crippen molar-refractivity contribution in [3.8, 4) is 0 Å². The molecule has 0 saturated heterocycles. The molecule has 0 bridgehead atoms. The first-order valence-electron chi connectivity index (χ1n) is 16.9. The summed E-state index contributed by atoms with van der Waals surface area (Å²) in [6.07, 6.45) is 10.8. The van der Waals surface area contributed by atoms with Crippen molar-refractivity contribution in [1.82, 2.24) is 21.3 Å². The first-order valence-corrected chi connectivity index (χ1v) is 16.9. The van der Waals surface area contributed by atoms with E-state index in [9.17, 15) is 24.0 Å². The van der Waals surface area contributed by atoms with Crippen molar-refractivity contribution in [2.24, 2.45) is 17.3 Å². The highest BCUT2D eigenvalue weighted by Crippen LogP contribution is 2.30. The summed E-state index contributed by atoms with van der Waals surface area (Å²) in [5.74, 6) is -1.06. The predicted molar refractivity (Wildman–Crippen MR) is 186 cm³/mol. The summed E-state index contributed by atoms with van der Waals surface area (Å²) in [5.41, 5.74) is -0.252. The third kappa shape index (κ3) is 24.7. The van der Waals surface area contributed by atoms with E-state index in [1.165, 1.54) is 32.9 Å². The second-order valence-corrected chi connectivity index (χ2v) is 11.6. The summed E-state index contributed by atoms with van der Waals surface area (Å²) in [7, 11) is 1.52. The van der Waals surface area contributed by atoms with Gasteiger partial charge in [-0.25, -0.2) is 4.79 Å². The second-order valence-electron chi connectivity index (χ2n) is 11.6. The number of hydrogen-bond donors (Lipinski definition) is 4. The molecular weight excluding hydrogens is 556 g/mol. The maximum absolute atomic E-state index is 12.3. The first kappa shape index (κ1) is 48.2. The Bertz CT molecular complexity index is 786. The lowest BCUT2D eigenvalue weighted by Crippen LogP contribution is -2.50. The lowest BCUT2D eigenvalue weighted by atomic mass is 9.80. The highest BCUT2D eigenvalue weighted by Gasteiger charge is 2.32. The third-order valence-electron chi connectivity index (χ3n) is 6.77. The molecule has 0 spiro atoms. The van der Waals surface area contributed by atoms with Crippen LogP contribution in [0.25, 0.3) is 0 Å². The smallest absolute Gasteiger partial charge is 0.315 e. The van der Waals surface area contributed by atoms with E-state index >= 15 is 0 Å². The van der Waals surface area contributed by atoms with Gasteiger partial charge in [0, 0.05) is 19.5 Å². The number of Topliss-reactive ketones (excluding diaryl/α,β-unsaturated/α-hetero) is 2. The number of carbonyl (C=O) groups excluding carboxylic acids is 5. The molecule has 0 heterocycles. The molecule has 0 aromatic rings. The molecule has 1 rings (SSSR count). The molecule has 44 heavy (non-hydrogen) atoms. The van der Waals surface area contributed by atoms with Gasteiger partial charge in [-0.1, -0.05) is 127 Å². The number of ketones is 2. The van der Waals surface area contributed by atoms with Crippen LogP contribution in [0.4, 0.5) is 4.79 Å². The van der Waals surface area contributed by atoms with Crippen LogP contribution in [0, 0.1) is 17.3 Å². The van der Waals surface area contributed by atoms with E-state index in [0.29, 0.717) is 12.3 Å². The Morgan fingerprint density at radius 1 is 0.909 bits per heavy atom. The minimum absolute atomic E-state index is 0.0314. The molecule has 3 atom stereocenters. The van der Waals surface area contributed by atoms with Gasteiger partial charge < -0.3 is 21.3 Å². The fourth-order valence-corrected chi connectivity index (χ4v) is 3.79. The third-order valence-corrected chi connectivity index (χ3v) is 6.77. The molecule has 1 aliphatic carbocycles. The fraction of sp³-hybridized carbons (Fsp3) is 0.800. The molecule has 4 amide bonds. The molecule has 1 saturated carbocycles. The summed E-state index contributed by atoms with van der Waals surface area (Å²) in [5, 5.41) is 10.3. The number of carbonyl (C=O) groups is 5. The highest BCUT2D eigenvalue weighted by atomic mass is 16.2. The van der Waals surface area contributed by atoms with Crippen molar-refractivity contribution in [3.63, 3.8) is 0 Å². The van der Waals surface area contributed by atoms with Crippen molar-refractivity contribution >= 4 is 29.4 Å². The van der Waals surface area contributed by atoms with Crippen LogP contribution in [0.2, 0.25) is 0 Å². The quantitative estimate of drug-likeness (QED) is 0.120. The van der Waals surface area contributed by atoms with E-state index in [1.54, 1.807) is 0 Å². The van der Waals surface area contributed by atoms with Gasteiger partial charge in [-0.2, -0.15) is 0 Å². The Morgan fingerprint density at radius 3 is 1.77 bits per heavy atom. The minimum Gasteiger partial charge on any atom is -0.346 e. The fourth-order valence-electron chi connectivity index (χ4n) is 3.79. The zero-order valence-electron chi connectivity index (χ0n) is 30.7. The maximum atomic E-state index is 12.3. The van der Waals surface area contributed by atoms with E-state index in [4.69, 9.17) is 0 Å². The second kappa shape index (κ2) is 30.3. The molecule has 3 unspecified atom stereocenters. The van der Waals surface area contributed by atoms with Crippen molar-refractivity contribution in [3.05, 3.63) is 12.7 Å². The van der Waals surface area contributed by atoms with Crippen LogP contribution < -0.4 is 21.3 Å². The Kier molecular flexibility index (Phi) is 33.2. The van der Waals surface area contributed by atoms with E-state index in [0.717, 1.165) is 38.5 Å². The topological polar surface area (TPSA) is 133 Å². The average molecular weight is 627 g/mol. The van der Waals surface area contributed by atoms with Gasteiger partial charge in [0.15, 0.2) is 5.78 Å². The zero-order chi connectivity index (χ0) is 35.3. The normalized spacial score (nSPS) is 13.7. The largest absolute Gasteiger partial charge is 0.346 e. The number of amides is 4. The van der Waals surface area contributed by atoms with Crippen molar-refractivity contribution in [1.29, 1.82) is 0 Å². The molecule has 0 radical (unpaired) electrons. The van der Waals surface area contributed by atoms with Crippen LogP contribution >= 0.6 is 0 Å². The minimum atomic E-state index is -0.707. The van der Waals surface area contributed by atoms with Crippen LogP contribution in [0.3, 0.4) is 0 Å². The van der Waals surface area contributed by atoms with Crippen LogP contribution in [0.1, 0.15) is 141 Å². The molecular formula is C35H70N4O5. The van der Waals surface area contributed by atoms with E-state index < -0.39 is 23.8 Å². The molecule has 0 aliphatic heterocycles. The van der Waals surface area contributed by atoms with Crippen molar-refractivity contribution < 1.29 is 24.0 Å². The summed E-state index contributed by atoms with van der Waals surface area (Å²) < 4.78 is 0. The summed E-state index contributed by atoms with van der Waals surface area (Å²) in [6.45, 7) is 27.3. The Balaban J connectivity index is -0.000000321. The Hall–Kier alpha value is -2.71. The summed E-state index contributed by atoms with van der Waals surface area (Å²) in [4.78, 5) is 58.7. The van der Waals surface area contributed by atoms with Gasteiger partial charge in [0.2, 0.25) is 11.7 Å². The van der Waals surface area contributed by atoms with Crippen LogP contribution in [0.5, 0.6) is 0 Å². The lowest BCUT2D eigenvalue weighted by molar-refractivity contribution is -0.140. The van der Waals surface area contributed by atoms with Gasteiger partial charge in [-0.05, 0) is 31.1 Å². The lowest BCUT2D eigenvalue weighted by Gasteiger charge is -2.29. The Labute approximate surface area is 270 Å². The molecule has 4 N–H and O–H groups in total. The number of urea groups is 1. The molecule has 0 aromatic carbocycles. The van der Waals surface area contributed by atoms with Crippen LogP contribution in [-0.2, 0) is 19.2 Å². The predicted octanol–water partition coefficient (Wildman–Crippen LogP) is 7.14. The van der Waals surface area contributed by atoms with E-state index in [1.807, 2.05) is 55.4 Å². The van der Waals surface area contributed by atoms with E-state index in [2.05, 4.69) is 48.6 Å². The first-order chi connectivity index (χ1) is 20.7. The van der Waals surface area contributed by atoms with Gasteiger partial charge in [-0.15, -0.1) is 6.58 Å². The van der Waals surface area contributed by atoms with Gasteiger partial charge in [0.25, 0.3) is 5.91 Å². The molecule has 9 nitrogen and oxygen atoms in total.